The minimum atomic E-state index is 0.881. The number of methoxy groups -OCH3 is 1. The Hall–Kier alpha value is -0.820. The van der Waals surface area contributed by atoms with Crippen LogP contribution in [-0.2, 0) is 11.2 Å². The SMILES string of the molecule is CC.CC.COCCCCc1ccc(C)cc1. The Morgan fingerprint density at radius 1 is 0.882 bits per heavy atom. The van der Waals surface area contributed by atoms with Crippen molar-refractivity contribution in [2.75, 3.05) is 13.7 Å². The molecule has 0 saturated heterocycles. The lowest BCUT2D eigenvalue weighted by Gasteiger charge is -2.01. The molecule has 1 heteroatoms. The van der Waals surface area contributed by atoms with Gasteiger partial charge >= 0.3 is 0 Å². The number of hydrogen-bond donors (Lipinski definition) is 0. The molecule has 0 heterocycles. The Morgan fingerprint density at radius 3 is 1.88 bits per heavy atom. The van der Waals surface area contributed by atoms with Crippen LogP contribution in [0.2, 0.25) is 0 Å². The van der Waals surface area contributed by atoms with E-state index in [-0.39, 0.29) is 0 Å². The molecule has 0 aliphatic rings. The van der Waals surface area contributed by atoms with Crippen LogP contribution in [0.25, 0.3) is 0 Å². The molecule has 1 aromatic carbocycles. The van der Waals surface area contributed by atoms with Gasteiger partial charge in [0, 0.05) is 13.7 Å². The van der Waals surface area contributed by atoms with Gasteiger partial charge in [-0.1, -0.05) is 57.5 Å². The first-order chi connectivity index (χ1) is 8.33. The van der Waals surface area contributed by atoms with Gasteiger partial charge < -0.3 is 4.74 Å². The van der Waals surface area contributed by atoms with Gasteiger partial charge in [-0.15, -0.1) is 0 Å². The van der Waals surface area contributed by atoms with Crippen LogP contribution in [0.5, 0.6) is 0 Å². The van der Waals surface area contributed by atoms with Gasteiger partial charge in [0.2, 0.25) is 0 Å². The Morgan fingerprint density at radius 2 is 1.41 bits per heavy atom. The van der Waals surface area contributed by atoms with E-state index < -0.39 is 0 Å². The van der Waals surface area contributed by atoms with Gasteiger partial charge in [0.1, 0.15) is 0 Å². The molecule has 0 fully saturated rings. The Kier molecular flexibility index (Phi) is 16.6. The van der Waals surface area contributed by atoms with E-state index in [2.05, 4.69) is 31.2 Å². The van der Waals surface area contributed by atoms with Crippen molar-refractivity contribution >= 4 is 0 Å². The second kappa shape index (κ2) is 15.2. The summed E-state index contributed by atoms with van der Waals surface area (Å²) in [5.74, 6) is 0. The Labute approximate surface area is 108 Å². The highest BCUT2D eigenvalue weighted by Gasteiger charge is 1.92. The van der Waals surface area contributed by atoms with Crippen LogP contribution in [-0.4, -0.2) is 13.7 Å². The van der Waals surface area contributed by atoms with E-state index in [1.165, 1.54) is 24.0 Å². The number of unbranched alkanes of at least 4 members (excludes halogenated alkanes) is 1. The second-order valence-electron chi connectivity index (χ2n) is 3.44. The van der Waals surface area contributed by atoms with E-state index in [0.29, 0.717) is 0 Å². The molecule has 100 valence electrons. The Bertz CT molecular complexity index is 226. The minimum absolute atomic E-state index is 0.881. The van der Waals surface area contributed by atoms with E-state index in [1.807, 2.05) is 27.7 Å². The molecule has 0 aliphatic heterocycles. The van der Waals surface area contributed by atoms with Crippen molar-refractivity contribution in [2.24, 2.45) is 0 Å². The number of rotatable bonds is 5. The van der Waals surface area contributed by atoms with Crippen LogP contribution >= 0.6 is 0 Å². The molecule has 1 aromatic rings. The number of ether oxygens (including phenoxy) is 1. The van der Waals surface area contributed by atoms with Gasteiger partial charge in [-0.05, 0) is 31.7 Å². The fourth-order valence-electron chi connectivity index (χ4n) is 1.33. The largest absolute Gasteiger partial charge is 0.385 e. The van der Waals surface area contributed by atoms with Gasteiger partial charge in [-0.3, -0.25) is 0 Å². The summed E-state index contributed by atoms with van der Waals surface area (Å²) in [6.07, 6.45) is 3.55. The lowest BCUT2D eigenvalue weighted by molar-refractivity contribution is 0.193. The third kappa shape index (κ3) is 11.4. The van der Waals surface area contributed by atoms with E-state index in [4.69, 9.17) is 4.74 Å². The monoisotopic (exact) mass is 238 g/mol. The minimum Gasteiger partial charge on any atom is -0.385 e. The van der Waals surface area contributed by atoms with Crippen LogP contribution in [0.1, 0.15) is 51.7 Å². The van der Waals surface area contributed by atoms with E-state index in [1.54, 1.807) is 7.11 Å². The van der Waals surface area contributed by atoms with Crippen molar-refractivity contribution in [3.8, 4) is 0 Å². The fraction of sp³-hybridized carbons (Fsp3) is 0.625. The molecule has 0 atom stereocenters. The molecule has 0 aromatic heterocycles. The highest BCUT2D eigenvalue weighted by molar-refractivity contribution is 5.21. The molecule has 17 heavy (non-hydrogen) atoms. The van der Waals surface area contributed by atoms with Crippen molar-refractivity contribution in [1.29, 1.82) is 0 Å². The number of hydrogen-bond acceptors (Lipinski definition) is 1. The quantitative estimate of drug-likeness (QED) is 0.655. The van der Waals surface area contributed by atoms with Crippen molar-refractivity contribution < 1.29 is 4.74 Å². The molecular formula is C16H30O. The maximum atomic E-state index is 5.00. The standard InChI is InChI=1S/C12H18O.2C2H6/c1-11-6-8-12(9-7-11)5-3-4-10-13-2;2*1-2/h6-9H,3-5,10H2,1-2H3;2*1-2H3. The maximum absolute atomic E-state index is 5.00. The molecule has 0 aliphatic carbocycles. The molecular weight excluding hydrogens is 208 g/mol. The molecule has 1 nitrogen and oxygen atoms in total. The van der Waals surface area contributed by atoms with Crippen molar-refractivity contribution in [1.82, 2.24) is 0 Å². The van der Waals surface area contributed by atoms with Crippen molar-refractivity contribution in [3.05, 3.63) is 35.4 Å². The summed E-state index contributed by atoms with van der Waals surface area (Å²) in [4.78, 5) is 0. The molecule has 0 radical (unpaired) electrons. The summed E-state index contributed by atoms with van der Waals surface area (Å²) < 4.78 is 5.00. The van der Waals surface area contributed by atoms with Crippen molar-refractivity contribution in [3.63, 3.8) is 0 Å². The van der Waals surface area contributed by atoms with Crippen LogP contribution in [0.4, 0.5) is 0 Å². The Balaban J connectivity index is 0. The third-order valence-electron chi connectivity index (χ3n) is 2.18. The molecule has 1 rings (SSSR count). The van der Waals surface area contributed by atoms with E-state index in [9.17, 15) is 0 Å². The van der Waals surface area contributed by atoms with Crippen LogP contribution in [0, 0.1) is 6.92 Å². The molecule has 0 amide bonds. The van der Waals surface area contributed by atoms with Gasteiger partial charge in [-0.2, -0.15) is 0 Å². The summed E-state index contributed by atoms with van der Waals surface area (Å²) in [5, 5.41) is 0. The van der Waals surface area contributed by atoms with Crippen LogP contribution in [0.15, 0.2) is 24.3 Å². The predicted molar refractivity (Wildman–Crippen MR) is 78.7 cm³/mol. The zero-order chi connectivity index (χ0) is 13.5. The average molecular weight is 238 g/mol. The fourth-order valence-corrected chi connectivity index (χ4v) is 1.33. The van der Waals surface area contributed by atoms with Gasteiger partial charge in [0.15, 0.2) is 0 Å². The molecule has 0 N–H and O–H groups in total. The highest BCUT2D eigenvalue weighted by Crippen LogP contribution is 2.06. The first-order valence-electron chi connectivity index (χ1n) is 6.87. The zero-order valence-corrected chi connectivity index (χ0v) is 12.5. The summed E-state index contributed by atoms with van der Waals surface area (Å²) in [5.41, 5.74) is 2.77. The maximum Gasteiger partial charge on any atom is 0.0462 e. The van der Waals surface area contributed by atoms with Crippen LogP contribution < -0.4 is 0 Å². The smallest absolute Gasteiger partial charge is 0.0462 e. The van der Waals surface area contributed by atoms with E-state index in [0.717, 1.165) is 13.0 Å². The molecule has 0 bridgehead atoms. The van der Waals surface area contributed by atoms with E-state index >= 15 is 0 Å². The molecule has 0 spiro atoms. The molecule has 0 unspecified atom stereocenters. The first kappa shape index (κ1) is 18.5. The first-order valence-corrected chi connectivity index (χ1v) is 6.87. The molecule has 0 saturated carbocycles. The highest BCUT2D eigenvalue weighted by atomic mass is 16.5. The summed E-state index contributed by atoms with van der Waals surface area (Å²) >= 11 is 0. The lowest BCUT2D eigenvalue weighted by atomic mass is 10.1. The summed E-state index contributed by atoms with van der Waals surface area (Å²) in [6, 6.07) is 8.77. The normalized spacial score (nSPS) is 8.59. The number of aryl methyl sites for hydroxylation is 2. The second-order valence-corrected chi connectivity index (χ2v) is 3.44. The van der Waals surface area contributed by atoms with Crippen LogP contribution in [0.3, 0.4) is 0 Å². The third-order valence-corrected chi connectivity index (χ3v) is 2.18. The predicted octanol–water partition coefficient (Wildman–Crippen LogP) is 5.02. The van der Waals surface area contributed by atoms with Gasteiger partial charge in [0.25, 0.3) is 0 Å². The number of benzene rings is 1. The topological polar surface area (TPSA) is 9.23 Å². The van der Waals surface area contributed by atoms with Gasteiger partial charge in [0.05, 0.1) is 0 Å². The lowest BCUT2D eigenvalue weighted by Crippen LogP contribution is -1.91. The average Bonchev–Trinajstić information content (AvgIpc) is 2.41. The summed E-state index contributed by atoms with van der Waals surface area (Å²) in [6.45, 7) is 11.0. The summed E-state index contributed by atoms with van der Waals surface area (Å²) in [7, 11) is 1.76. The zero-order valence-electron chi connectivity index (χ0n) is 12.5. The van der Waals surface area contributed by atoms with Crippen molar-refractivity contribution in [2.45, 2.75) is 53.9 Å². The van der Waals surface area contributed by atoms with Gasteiger partial charge in [-0.25, -0.2) is 0 Å².